The van der Waals surface area contributed by atoms with Crippen molar-refractivity contribution >= 4 is 18.0 Å². The van der Waals surface area contributed by atoms with Gasteiger partial charge in [-0.05, 0) is 58.2 Å². The number of rotatable bonds is 5. The molecule has 0 bridgehead atoms. The Morgan fingerprint density at radius 3 is 2.31 bits per heavy atom. The highest BCUT2D eigenvalue weighted by molar-refractivity contribution is 5.84. The first-order valence-electron chi connectivity index (χ1n) is 9.76. The van der Waals surface area contributed by atoms with E-state index in [0.717, 1.165) is 5.56 Å². The van der Waals surface area contributed by atoms with Gasteiger partial charge < -0.3 is 19.7 Å². The summed E-state index contributed by atoms with van der Waals surface area (Å²) in [4.78, 5) is 38.2. The Balaban J connectivity index is 1.74. The van der Waals surface area contributed by atoms with Crippen molar-refractivity contribution in [1.82, 2.24) is 10.2 Å². The monoisotopic (exact) mass is 408 g/mol. The van der Waals surface area contributed by atoms with Gasteiger partial charge in [0.1, 0.15) is 11.4 Å². The number of esters is 1. The van der Waals surface area contributed by atoms with Crippen LogP contribution in [0.3, 0.4) is 0 Å². The van der Waals surface area contributed by atoms with Crippen LogP contribution in [0.2, 0.25) is 0 Å². The molecular weight excluding hydrogens is 379 g/mol. The number of amides is 2. The van der Waals surface area contributed by atoms with Gasteiger partial charge in [-0.2, -0.15) is 0 Å². The minimum Gasteiger partial charge on any atom is -0.452 e. The lowest BCUT2D eigenvalue weighted by Crippen LogP contribution is -2.44. The van der Waals surface area contributed by atoms with Gasteiger partial charge >= 0.3 is 12.1 Å². The number of benzene rings is 1. The van der Waals surface area contributed by atoms with Gasteiger partial charge in [0.25, 0.3) is 5.91 Å². The molecule has 1 aliphatic rings. The molecule has 29 heavy (non-hydrogen) atoms. The van der Waals surface area contributed by atoms with Crippen LogP contribution < -0.4 is 5.32 Å². The Hall–Kier alpha value is -2.64. The van der Waals surface area contributed by atoms with Crippen LogP contribution in [0.25, 0.3) is 0 Å². The highest BCUT2D eigenvalue weighted by atomic mass is 19.1. The number of piperidine rings is 1. The van der Waals surface area contributed by atoms with E-state index in [1.54, 1.807) is 37.8 Å². The SMILES string of the molecule is C[C@H](OC(=O)C1CCN(C(=O)OC(C)(C)C)CC1)C(=O)NCc1ccc(F)cc1. The van der Waals surface area contributed by atoms with Crippen LogP contribution in [0.5, 0.6) is 0 Å². The predicted molar refractivity (Wildman–Crippen MR) is 104 cm³/mol. The van der Waals surface area contributed by atoms with Crippen molar-refractivity contribution in [3.05, 3.63) is 35.6 Å². The number of hydrogen-bond acceptors (Lipinski definition) is 5. The minimum atomic E-state index is -0.938. The van der Waals surface area contributed by atoms with E-state index in [0.29, 0.717) is 25.9 Å². The minimum absolute atomic E-state index is 0.218. The van der Waals surface area contributed by atoms with Gasteiger partial charge in [-0.3, -0.25) is 9.59 Å². The summed E-state index contributed by atoms with van der Waals surface area (Å²) in [5, 5.41) is 2.66. The third kappa shape index (κ3) is 7.36. The lowest BCUT2D eigenvalue weighted by molar-refractivity contribution is -0.160. The molecule has 160 valence electrons. The number of carbonyl (C=O) groups is 3. The molecule has 1 heterocycles. The van der Waals surface area contributed by atoms with E-state index in [1.165, 1.54) is 19.1 Å². The van der Waals surface area contributed by atoms with E-state index in [2.05, 4.69) is 5.32 Å². The van der Waals surface area contributed by atoms with Crippen LogP contribution in [0.1, 0.15) is 46.1 Å². The molecule has 1 fully saturated rings. The van der Waals surface area contributed by atoms with Crippen LogP contribution in [0.15, 0.2) is 24.3 Å². The lowest BCUT2D eigenvalue weighted by atomic mass is 9.97. The van der Waals surface area contributed by atoms with Crippen LogP contribution in [-0.4, -0.2) is 47.7 Å². The maximum atomic E-state index is 12.9. The van der Waals surface area contributed by atoms with Crippen LogP contribution in [0, 0.1) is 11.7 Å². The van der Waals surface area contributed by atoms with Crippen molar-refractivity contribution in [1.29, 1.82) is 0 Å². The number of likely N-dealkylation sites (tertiary alicyclic amines) is 1. The molecule has 0 aliphatic carbocycles. The maximum Gasteiger partial charge on any atom is 0.410 e. The Morgan fingerprint density at radius 1 is 1.17 bits per heavy atom. The number of nitrogens with one attached hydrogen (secondary N) is 1. The molecule has 1 aromatic carbocycles. The van der Waals surface area contributed by atoms with E-state index < -0.39 is 29.7 Å². The molecule has 1 saturated heterocycles. The Labute approximate surface area is 170 Å². The normalized spacial score (nSPS) is 16.1. The van der Waals surface area contributed by atoms with Crippen LogP contribution in [0.4, 0.5) is 9.18 Å². The third-order valence-electron chi connectivity index (χ3n) is 4.52. The first-order chi connectivity index (χ1) is 13.5. The second kappa shape index (κ2) is 9.71. The van der Waals surface area contributed by atoms with Gasteiger partial charge in [0, 0.05) is 19.6 Å². The Morgan fingerprint density at radius 2 is 1.76 bits per heavy atom. The quantitative estimate of drug-likeness (QED) is 0.757. The Kier molecular flexibility index (Phi) is 7.59. The average Bonchev–Trinajstić information content (AvgIpc) is 2.66. The standard InChI is InChI=1S/C21H29FN2O5/c1-14(18(25)23-13-15-5-7-17(22)8-6-15)28-19(26)16-9-11-24(12-10-16)20(27)29-21(2,3)4/h5-8,14,16H,9-13H2,1-4H3,(H,23,25)/t14-/m0/s1. The summed E-state index contributed by atoms with van der Waals surface area (Å²) in [5.74, 6) is -1.58. The topological polar surface area (TPSA) is 84.9 Å². The molecule has 0 unspecified atom stereocenters. The summed E-state index contributed by atoms with van der Waals surface area (Å²) in [6.07, 6.45) is -0.408. The van der Waals surface area contributed by atoms with Gasteiger partial charge in [-0.1, -0.05) is 12.1 Å². The average molecular weight is 408 g/mol. The van der Waals surface area contributed by atoms with Crippen LogP contribution in [-0.2, 0) is 25.6 Å². The van der Waals surface area contributed by atoms with Crippen molar-refractivity contribution in [2.75, 3.05) is 13.1 Å². The molecule has 0 aromatic heterocycles. The summed E-state index contributed by atoms with van der Waals surface area (Å²) >= 11 is 0. The highest BCUT2D eigenvalue weighted by Crippen LogP contribution is 2.21. The van der Waals surface area contributed by atoms with Gasteiger partial charge in [0.15, 0.2) is 6.10 Å². The number of ether oxygens (including phenoxy) is 2. The van der Waals surface area contributed by atoms with Gasteiger partial charge in [0.05, 0.1) is 5.92 Å². The molecule has 1 atom stereocenters. The van der Waals surface area contributed by atoms with Crippen molar-refractivity contribution < 1.29 is 28.2 Å². The number of hydrogen-bond donors (Lipinski definition) is 1. The zero-order valence-corrected chi connectivity index (χ0v) is 17.4. The van der Waals surface area contributed by atoms with Gasteiger partial charge in [-0.15, -0.1) is 0 Å². The molecule has 2 rings (SSSR count). The fourth-order valence-electron chi connectivity index (χ4n) is 2.88. The smallest absolute Gasteiger partial charge is 0.410 e. The summed E-state index contributed by atoms with van der Waals surface area (Å²) < 4.78 is 23.5. The zero-order valence-electron chi connectivity index (χ0n) is 17.4. The Bertz CT molecular complexity index is 722. The molecule has 1 N–H and O–H groups in total. The lowest BCUT2D eigenvalue weighted by Gasteiger charge is -2.32. The maximum absolute atomic E-state index is 12.9. The van der Waals surface area contributed by atoms with Crippen molar-refractivity contribution in [2.45, 2.75) is 58.8 Å². The molecule has 2 amide bonds. The van der Waals surface area contributed by atoms with Crippen LogP contribution >= 0.6 is 0 Å². The van der Waals surface area contributed by atoms with Crippen molar-refractivity contribution in [3.8, 4) is 0 Å². The van der Waals surface area contributed by atoms with Gasteiger partial charge in [0.2, 0.25) is 0 Å². The summed E-state index contributed by atoms with van der Waals surface area (Å²) in [6.45, 7) is 7.94. The molecule has 1 aliphatic heterocycles. The molecule has 0 spiro atoms. The molecule has 0 saturated carbocycles. The fraction of sp³-hybridized carbons (Fsp3) is 0.571. The molecule has 7 nitrogen and oxygen atoms in total. The zero-order chi connectivity index (χ0) is 21.6. The van der Waals surface area contributed by atoms with E-state index >= 15 is 0 Å². The summed E-state index contributed by atoms with van der Waals surface area (Å²) in [6, 6.07) is 5.78. The van der Waals surface area contributed by atoms with E-state index in [9.17, 15) is 18.8 Å². The number of nitrogens with zero attached hydrogens (tertiary/aromatic N) is 1. The predicted octanol–water partition coefficient (Wildman–Crippen LogP) is 3.02. The van der Waals surface area contributed by atoms with E-state index in [-0.39, 0.29) is 18.3 Å². The van der Waals surface area contributed by atoms with E-state index in [4.69, 9.17) is 9.47 Å². The number of halogens is 1. The summed E-state index contributed by atoms with van der Waals surface area (Å²) in [7, 11) is 0. The molecular formula is C21H29FN2O5. The molecule has 1 aromatic rings. The molecule has 0 radical (unpaired) electrons. The van der Waals surface area contributed by atoms with Crippen molar-refractivity contribution in [3.63, 3.8) is 0 Å². The highest BCUT2D eigenvalue weighted by Gasteiger charge is 2.32. The van der Waals surface area contributed by atoms with Crippen molar-refractivity contribution in [2.24, 2.45) is 5.92 Å². The van der Waals surface area contributed by atoms with Gasteiger partial charge in [-0.25, -0.2) is 9.18 Å². The first-order valence-corrected chi connectivity index (χ1v) is 9.76. The fourth-order valence-corrected chi connectivity index (χ4v) is 2.88. The summed E-state index contributed by atoms with van der Waals surface area (Å²) in [5.41, 5.74) is 0.177. The molecule has 8 heteroatoms. The second-order valence-electron chi connectivity index (χ2n) is 8.17. The second-order valence-corrected chi connectivity index (χ2v) is 8.17. The first kappa shape index (κ1) is 22.6. The van der Waals surface area contributed by atoms with E-state index in [1.807, 2.05) is 0 Å². The largest absolute Gasteiger partial charge is 0.452 e. The number of carbonyl (C=O) groups excluding carboxylic acids is 3. The third-order valence-corrected chi connectivity index (χ3v) is 4.52.